The molecule has 0 unspecified atom stereocenters. The molecule has 0 saturated heterocycles. The van der Waals surface area contributed by atoms with Crippen LogP contribution in [0.1, 0.15) is 0 Å². The van der Waals surface area contributed by atoms with Crippen molar-refractivity contribution in [1.82, 2.24) is 24.5 Å². The number of benzene rings is 8. The summed E-state index contributed by atoms with van der Waals surface area (Å²) in [6, 6.07) is 66.0. The number of hydrogen-bond donors (Lipinski definition) is 0. The molecule has 0 amide bonds. The van der Waals surface area contributed by atoms with Crippen LogP contribution in [0.5, 0.6) is 0 Å². The lowest BCUT2D eigenvalue weighted by molar-refractivity contribution is 0.953. The Morgan fingerprint density at radius 3 is 1.67 bits per heavy atom. The zero-order valence-electron chi connectivity index (χ0n) is 31.0. The number of aromatic nitrogens is 5. The number of para-hydroxylation sites is 3. The summed E-state index contributed by atoms with van der Waals surface area (Å²) in [6.45, 7) is 0. The van der Waals surface area contributed by atoms with Crippen LogP contribution in [0.4, 0.5) is 0 Å². The molecule has 12 rings (SSSR count). The molecule has 0 aliphatic heterocycles. The van der Waals surface area contributed by atoms with E-state index in [9.17, 15) is 0 Å². The van der Waals surface area contributed by atoms with E-state index in [-0.39, 0.29) is 0 Å². The zero-order valence-corrected chi connectivity index (χ0v) is 31.9. The van der Waals surface area contributed by atoms with Crippen LogP contribution >= 0.6 is 11.3 Å². The second kappa shape index (κ2) is 13.0. The first-order valence-electron chi connectivity index (χ1n) is 19.4. The Morgan fingerprint density at radius 1 is 0.362 bits per heavy atom. The van der Waals surface area contributed by atoms with Gasteiger partial charge in [0, 0.05) is 63.8 Å². The first-order valence-corrected chi connectivity index (χ1v) is 20.2. The molecule has 0 aliphatic rings. The Balaban J connectivity index is 1.06. The average Bonchev–Trinajstić information content (AvgIpc) is 3.85. The van der Waals surface area contributed by atoms with Gasteiger partial charge in [0.2, 0.25) is 5.95 Å². The molecule has 0 saturated carbocycles. The number of rotatable bonds is 5. The first kappa shape index (κ1) is 32.7. The Morgan fingerprint density at radius 2 is 0.914 bits per heavy atom. The van der Waals surface area contributed by atoms with E-state index in [1.807, 2.05) is 29.5 Å². The number of pyridine rings is 1. The first-order chi connectivity index (χ1) is 28.8. The molecular formula is C52H31N5S. The van der Waals surface area contributed by atoms with Crippen LogP contribution in [-0.2, 0) is 0 Å². The van der Waals surface area contributed by atoms with Gasteiger partial charge in [-0.2, -0.15) is 9.97 Å². The molecule has 0 spiro atoms. The fraction of sp³-hybridized carbons (Fsp3) is 0. The van der Waals surface area contributed by atoms with E-state index in [1.165, 1.54) is 36.5 Å². The molecule has 8 aromatic carbocycles. The monoisotopic (exact) mass is 757 g/mol. The van der Waals surface area contributed by atoms with Crippen molar-refractivity contribution in [3.8, 4) is 51.1 Å². The largest absolute Gasteiger partial charge is 0.278 e. The smallest absolute Gasteiger partial charge is 0.238 e. The van der Waals surface area contributed by atoms with Gasteiger partial charge in [-0.25, -0.2) is 9.97 Å². The Bertz CT molecular complexity index is 3520. The molecule has 0 bridgehead atoms. The SMILES string of the molecule is c1ccc(-c2nc(-c3cccc(-c4cccc5c4sc4c5ccc5c(-c6ccccc6)nc6ccccc6c54)c3)nc(-n3c4ccccc4c4ccccc43)n2)cc1. The van der Waals surface area contributed by atoms with E-state index < -0.39 is 0 Å². The normalized spacial score (nSPS) is 11.8. The third kappa shape index (κ3) is 5.09. The fourth-order valence-electron chi connectivity index (χ4n) is 8.61. The van der Waals surface area contributed by atoms with Gasteiger partial charge in [0.1, 0.15) is 0 Å². The van der Waals surface area contributed by atoms with Gasteiger partial charge in [-0.1, -0.05) is 164 Å². The highest BCUT2D eigenvalue weighted by Gasteiger charge is 2.20. The van der Waals surface area contributed by atoms with Crippen molar-refractivity contribution < 1.29 is 0 Å². The van der Waals surface area contributed by atoms with E-state index in [4.69, 9.17) is 19.9 Å². The summed E-state index contributed by atoms with van der Waals surface area (Å²) in [6.07, 6.45) is 0. The number of fused-ring (bicyclic) bond motifs is 10. The highest BCUT2D eigenvalue weighted by Crippen LogP contribution is 2.46. The predicted molar refractivity (Wildman–Crippen MR) is 242 cm³/mol. The lowest BCUT2D eigenvalue weighted by Gasteiger charge is -2.11. The standard InChI is InChI=1S/C52H31N5S/c1-3-15-32(16-4-1)47-42-30-29-40-39-25-14-24-36(48(39)58-49(40)46(42)41-23-7-10-26-43(41)53-47)34-19-13-20-35(31-34)51-54-50(33-17-5-2-6-18-33)55-52(56-51)57-44-27-11-8-21-37(44)38-22-9-12-28-45(38)57/h1-31H. The molecular weight excluding hydrogens is 727 g/mol. The average molecular weight is 758 g/mol. The predicted octanol–water partition coefficient (Wildman–Crippen LogP) is 13.7. The minimum atomic E-state index is 0.585. The summed E-state index contributed by atoms with van der Waals surface area (Å²) in [5.41, 5.74) is 9.37. The minimum absolute atomic E-state index is 0.585. The maximum atomic E-state index is 5.24. The van der Waals surface area contributed by atoms with Gasteiger partial charge < -0.3 is 0 Å². The molecule has 5 nitrogen and oxygen atoms in total. The molecule has 270 valence electrons. The Kier molecular flexibility index (Phi) is 7.33. The van der Waals surface area contributed by atoms with Crippen LogP contribution in [-0.4, -0.2) is 24.5 Å². The van der Waals surface area contributed by atoms with Gasteiger partial charge in [0.25, 0.3) is 0 Å². The van der Waals surface area contributed by atoms with E-state index >= 15 is 0 Å². The van der Waals surface area contributed by atoms with E-state index in [1.54, 1.807) is 0 Å². The van der Waals surface area contributed by atoms with Crippen molar-refractivity contribution in [2.24, 2.45) is 0 Å². The second-order valence-corrected chi connectivity index (χ2v) is 15.6. The summed E-state index contributed by atoms with van der Waals surface area (Å²) >= 11 is 1.86. The van der Waals surface area contributed by atoms with Gasteiger partial charge in [-0.3, -0.25) is 4.57 Å². The topological polar surface area (TPSA) is 56.5 Å². The highest BCUT2D eigenvalue weighted by atomic mass is 32.1. The molecule has 0 atom stereocenters. The molecule has 0 radical (unpaired) electrons. The van der Waals surface area contributed by atoms with Crippen molar-refractivity contribution in [3.05, 3.63) is 188 Å². The van der Waals surface area contributed by atoms with Crippen molar-refractivity contribution in [1.29, 1.82) is 0 Å². The van der Waals surface area contributed by atoms with Gasteiger partial charge in [0.05, 0.1) is 22.2 Å². The van der Waals surface area contributed by atoms with Crippen molar-refractivity contribution in [2.45, 2.75) is 0 Å². The zero-order chi connectivity index (χ0) is 38.2. The van der Waals surface area contributed by atoms with Gasteiger partial charge >= 0.3 is 0 Å². The molecule has 0 fully saturated rings. The molecule has 4 heterocycles. The summed E-state index contributed by atoms with van der Waals surface area (Å²) < 4.78 is 4.68. The Hall–Kier alpha value is -7.54. The summed E-state index contributed by atoms with van der Waals surface area (Å²) in [5, 5.41) is 8.39. The number of thiophene rings is 1. The molecule has 58 heavy (non-hydrogen) atoms. The molecule has 4 aromatic heterocycles. The van der Waals surface area contributed by atoms with Crippen LogP contribution < -0.4 is 0 Å². The summed E-state index contributed by atoms with van der Waals surface area (Å²) in [5.74, 6) is 1.83. The second-order valence-electron chi connectivity index (χ2n) is 14.6. The van der Waals surface area contributed by atoms with Crippen LogP contribution in [0.25, 0.3) is 115 Å². The molecule has 0 aliphatic carbocycles. The molecule has 12 aromatic rings. The molecule has 6 heteroatoms. The van der Waals surface area contributed by atoms with E-state index in [2.05, 4.69) is 174 Å². The van der Waals surface area contributed by atoms with Crippen molar-refractivity contribution in [2.75, 3.05) is 0 Å². The summed E-state index contributed by atoms with van der Waals surface area (Å²) in [7, 11) is 0. The minimum Gasteiger partial charge on any atom is -0.278 e. The van der Waals surface area contributed by atoms with Crippen LogP contribution in [0.2, 0.25) is 0 Å². The van der Waals surface area contributed by atoms with Crippen LogP contribution in [0, 0.1) is 0 Å². The van der Waals surface area contributed by atoms with Crippen LogP contribution in [0.3, 0.4) is 0 Å². The molecule has 0 N–H and O–H groups in total. The van der Waals surface area contributed by atoms with Gasteiger partial charge in [-0.15, -0.1) is 11.3 Å². The maximum Gasteiger partial charge on any atom is 0.238 e. The number of nitrogens with zero attached hydrogens (tertiary/aromatic N) is 5. The van der Waals surface area contributed by atoms with E-state index in [0.29, 0.717) is 17.6 Å². The third-order valence-electron chi connectivity index (χ3n) is 11.2. The highest BCUT2D eigenvalue weighted by molar-refractivity contribution is 7.27. The van der Waals surface area contributed by atoms with Crippen molar-refractivity contribution in [3.63, 3.8) is 0 Å². The van der Waals surface area contributed by atoms with Gasteiger partial charge in [0.15, 0.2) is 11.6 Å². The lowest BCUT2D eigenvalue weighted by Crippen LogP contribution is -2.06. The van der Waals surface area contributed by atoms with Crippen LogP contribution in [0.15, 0.2) is 188 Å². The fourth-order valence-corrected chi connectivity index (χ4v) is 10.0. The van der Waals surface area contributed by atoms with Crippen molar-refractivity contribution >= 4 is 75.0 Å². The lowest BCUT2D eigenvalue weighted by atomic mass is 9.97. The quantitative estimate of drug-likeness (QED) is 0.164. The van der Waals surface area contributed by atoms with Gasteiger partial charge in [-0.05, 0) is 35.4 Å². The maximum absolute atomic E-state index is 5.24. The summed E-state index contributed by atoms with van der Waals surface area (Å²) in [4.78, 5) is 20.7. The number of hydrogen-bond acceptors (Lipinski definition) is 5. The third-order valence-corrected chi connectivity index (χ3v) is 12.5. The van der Waals surface area contributed by atoms with E-state index in [0.717, 1.165) is 60.7 Å². The Labute approximate surface area is 337 Å².